The van der Waals surface area contributed by atoms with Crippen molar-refractivity contribution in [1.82, 2.24) is 0 Å². The zero-order chi connectivity index (χ0) is 12.7. The molecule has 4 nitrogen and oxygen atoms in total. The van der Waals surface area contributed by atoms with Crippen LogP contribution in [0.5, 0.6) is 0 Å². The highest BCUT2D eigenvalue weighted by molar-refractivity contribution is 5.75. The highest BCUT2D eigenvalue weighted by atomic mass is 16.6. The van der Waals surface area contributed by atoms with Gasteiger partial charge in [-0.05, 0) is 19.4 Å². The Bertz CT molecular complexity index is 337. The molecule has 0 saturated heterocycles. The van der Waals surface area contributed by atoms with Gasteiger partial charge in [0, 0.05) is 6.61 Å². The molecule has 1 aromatic carbocycles. The standard InChI is InChI=1S/C13H18O4/c1-3-16-12(10-8-6-5-7-9-10)11(14)13(15)17-4-2/h5-9,11-12,14H,3-4H2,1-2H3/t11-,12+/m0/s1. The van der Waals surface area contributed by atoms with Crippen molar-refractivity contribution >= 4 is 5.97 Å². The van der Waals surface area contributed by atoms with Crippen LogP contribution in [0.1, 0.15) is 25.5 Å². The molecule has 0 spiro atoms. The van der Waals surface area contributed by atoms with Crippen molar-refractivity contribution in [3.05, 3.63) is 35.9 Å². The summed E-state index contributed by atoms with van der Waals surface area (Å²) in [7, 11) is 0. The smallest absolute Gasteiger partial charge is 0.338 e. The molecule has 0 bridgehead atoms. The normalized spacial score (nSPS) is 14.1. The first-order valence-corrected chi connectivity index (χ1v) is 5.72. The van der Waals surface area contributed by atoms with Crippen molar-refractivity contribution < 1.29 is 19.4 Å². The van der Waals surface area contributed by atoms with Crippen molar-refractivity contribution in [1.29, 1.82) is 0 Å². The van der Waals surface area contributed by atoms with E-state index in [-0.39, 0.29) is 6.61 Å². The zero-order valence-electron chi connectivity index (χ0n) is 10.1. The van der Waals surface area contributed by atoms with Crippen LogP contribution in [0.4, 0.5) is 0 Å². The number of rotatable bonds is 6. The maximum Gasteiger partial charge on any atom is 0.338 e. The number of carbonyl (C=O) groups is 1. The Hall–Kier alpha value is -1.39. The lowest BCUT2D eigenvalue weighted by molar-refractivity contribution is -0.162. The van der Waals surface area contributed by atoms with Crippen LogP contribution in [0.2, 0.25) is 0 Å². The lowest BCUT2D eigenvalue weighted by Crippen LogP contribution is -2.31. The van der Waals surface area contributed by atoms with Crippen LogP contribution in [0.25, 0.3) is 0 Å². The largest absolute Gasteiger partial charge is 0.464 e. The first kappa shape index (κ1) is 13.7. The first-order chi connectivity index (χ1) is 8.20. The van der Waals surface area contributed by atoms with Gasteiger partial charge in [0.25, 0.3) is 0 Å². The molecule has 1 N–H and O–H groups in total. The van der Waals surface area contributed by atoms with Crippen LogP contribution in [0, 0.1) is 0 Å². The van der Waals surface area contributed by atoms with E-state index in [9.17, 15) is 9.90 Å². The molecule has 0 amide bonds. The number of esters is 1. The average molecular weight is 238 g/mol. The minimum absolute atomic E-state index is 0.240. The number of ether oxygens (including phenoxy) is 2. The third-order valence-electron chi connectivity index (χ3n) is 2.29. The number of carbonyl (C=O) groups excluding carboxylic acids is 1. The first-order valence-electron chi connectivity index (χ1n) is 5.72. The Morgan fingerprint density at radius 1 is 1.24 bits per heavy atom. The van der Waals surface area contributed by atoms with Gasteiger partial charge in [0.2, 0.25) is 0 Å². The molecule has 94 valence electrons. The van der Waals surface area contributed by atoms with E-state index < -0.39 is 18.2 Å². The highest BCUT2D eigenvalue weighted by Crippen LogP contribution is 2.22. The van der Waals surface area contributed by atoms with E-state index in [0.717, 1.165) is 5.56 Å². The topological polar surface area (TPSA) is 55.8 Å². The molecule has 0 fully saturated rings. The number of aliphatic hydroxyl groups is 1. The third kappa shape index (κ3) is 3.84. The number of hydrogen-bond acceptors (Lipinski definition) is 4. The van der Waals surface area contributed by atoms with Crippen molar-refractivity contribution in [3.63, 3.8) is 0 Å². The molecule has 4 heteroatoms. The summed E-state index contributed by atoms with van der Waals surface area (Å²) in [5.41, 5.74) is 0.759. The Labute approximate surface area is 101 Å². The van der Waals surface area contributed by atoms with E-state index in [1.807, 2.05) is 37.3 Å². The second-order valence-corrected chi connectivity index (χ2v) is 3.48. The molecule has 0 heterocycles. The third-order valence-corrected chi connectivity index (χ3v) is 2.29. The predicted molar refractivity (Wildman–Crippen MR) is 63.4 cm³/mol. The Kier molecular flexibility index (Phi) is 5.66. The lowest BCUT2D eigenvalue weighted by atomic mass is 10.0. The summed E-state index contributed by atoms with van der Waals surface area (Å²) in [5.74, 6) is -0.658. The van der Waals surface area contributed by atoms with Gasteiger partial charge in [-0.25, -0.2) is 4.79 Å². The van der Waals surface area contributed by atoms with Gasteiger partial charge in [-0.1, -0.05) is 30.3 Å². The molecule has 0 radical (unpaired) electrons. The molecule has 0 saturated carbocycles. The van der Waals surface area contributed by atoms with Crippen molar-refractivity contribution in [2.75, 3.05) is 13.2 Å². The monoisotopic (exact) mass is 238 g/mol. The quantitative estimate of drug-likeness (QED) is 0.766. The van der Waals surface area contributed by atoms with E-state index in [1.54, 1.807) is 6.92 Å². The van der Waals surface area contributed by atoms with E-state index in [2.05, 4.69) is 0 Å². The molecule has 17 heavy (non-hydrogen) atoms. The Morgan fingerprint density at radius 3 is 2.41 bits per heavy atom. The number of benzene rings is 1. The van der Waals surface area contributed by atoms with Crippen molar-refractivity contribution in [2.45, 2.75) is 26.1 Å². The Morgan fingerprint density at radius 2 is 1.88 bits per heavy atom. The lowest BCUT2D eigenvalue weighted by Gasteiger charge is -2.21. The van der Waals surface area contributed by atoms with Gasteiger partial charge >= 0.3 is 5.97 Å². The molecule has 0 aromatic heterocycles. The van der Waals surface area contributed by atoms with Crippen molar-refractivity contribution in [3.8, 4) is 0 Å². The minimum atomic E-state index is -1.29. The van der Waals surface area contributed by atoms with E-state index >= 15 is 0 Å². The average Bonchev–Trinajstić information content (AvgIpc) is 2.36. The van der Waals surface area contributed by atoms with E-state index in [1.165, 1.54) is 0 Å². The van der Waals surface area contributed by atoms with E-state index in [0.29, 0.717) is 6.61 Å². The SMILES string of the molecule is CCOC(=O)[C@@H](O)[C@H](OCC)c1ccccc1. The molecule has 1 rings (SSSR count). The fourth-order valence-corrected chi connectivity index (χ4v) is 1.54. The highest BCUT2D eigenvalue weighted by Gasteiger charge is 2.29. The van der Waals surface area contributed by atoms with Gasteiger partial charge in [-0.3, -0.25) is 0 Å². The van der Waals surface area contributed by atoms with Gasteiger partial charge in [0.05, 0.1) is 6.61 Å². The zero-order valence-corrected chi connectivity index (χ0v) is 10.1. The maximum atomic E-state index is 11.5. The summed E-state index contributed by atoms with van der Waals surface area (Å²) >= 11 is 0. The summed E-state index contributed by atoms with van der Waals surface area (Å²) < 4.78 is 10.2. The van der Waals surface area contributed by atoms with Crippen LogP contribution < -0.4 is 0 Å². The second kappa shape index (κ2) is 7.04. The van der Waals surface area contributed by atoms with E-state index in [4.69, 9.17) is 9.47 Å². The fraction of sp³-hybridized carbons (Fsp3) is 0.462. The van der Waals surface area contributed by atoms with Gasteiger partial charge in [-0.2, -0.15) is 0 Å². The van der Waals surface area contributed by atoms with Crippen LogP contribution in [0.15, 0.2) is 30.3 Å². The predicted octanol–water partition coefficient (Wildman–Crippen LogP) is 1.69. The fourth-order valence-electron chi connectivity index (χ4n) is 1.54. The Balaban J connectivity index is 2.82. The summed E-state index contributed by atoms with van der Waals surface area (Å²) in [6.07, 6.45) is -1.97. The molecular formula is C13H18O4. The number of hydrogen-bond donors (Lipinski definition) is 1. The molecule has 0 unspecified atom stereocenters. The van der Waals surface area contributed by atoms with Crippen LogP contribution >= 0.6 is 0 Å². The minimum Gasteiger partial charge on any atom is -0.464 e. The van der Waals surface area contributed by atoms with Gasteiger partial charge in [-0.15, -0.1) is 0 Å². The van der Waals surface area contributed by atoms with Gasteiger partial charge in [0.15, 0.2) is 6.10 Å². The van der Waals surface area contributed by atoms with Crippen molar-refractivity contribution in [2.24, 2.45) is 0 Å². The second-order valence-electron chi connectivity index (χ2n) is 3.48. The molecule has 0 aliphatic rings. The summed E-state index contributed by atoms with van der Waals surface area (Å²) in [5, 5.41) is 9.89. The van der Waals surface area contributed by atoms with Crippen LogP contribution in [-0.2, 0) is 14.3 Å². The molecular weight excluding hydrogens is 220 g/mol. The van der Waals surface area contributed by atoms with Crippen LogP contribution in [-0.4, -0.2) is 30.4 Å². The number of aliphatic hydroxyl groups excluding tert-OH is 1. The van der Waals surface area contributed by atoms with Crippen LogP contribution in [0.3, 0.4) is 0 Å². The summed E-state index contributed by atoms with van der Waals surface area (Å²) in [6.45, 7) is 4.16. The molecule has 0 aliphatic heterocycles. The summed E-state index contributed by atoms with van der Waals surface area (Å²) in [6, 6.07) is 9.15. The molecule has 1 aromatic rings. The summed E-state index contributed by atoms with van der Waals surface area (Å²) in [4.78, 5) is 11.5. The van der Waals surface area contributed by atoms with Gasteiger partial charge in [0.1, 0.15) is 6.10 Å². The molecule has 0 aliphatic carbocycles. The maximum absolute atomic E-state index is 11.5. The van der Waals surface area contributed by atoms with Gasteiger partial charge < -0.3 is 14.6 Å². The molecule has 2 atom stereocenters.